The van der Waals surface area contributed by atoms with Gasteiger partial charge < -0.3 is 35.2 Å². The van der Waals surface area contributed by atoms with Gasteiger partial charge in [0.15, 0.2) is 5.60 Å². The number of ether oxygens (including phenoxy) is 1. The van der Waals surface area contributed by atoms with Gasteiger partial charge in [0, 0.05) is 12.6 Å². The highest BCUT2D eigenvalue weighted by Gasteiger charge is 2.50. The minimum atomic E-state index is -5.74. The maximum atomic E-state index is 11.9. The molecule has 0 amide bonds. The number of phosphoric ester groups is 1. The number of nitrogens with zero attached hydrogens (tertiary/aromatic N) is 2. The molecule has 4 unspecified atom stereocenters. The van der Waals surface area contributed by atoms with Gasteiger partial charge in [-0.3, -0.25) is 9.09 Å². The van der Waals surface area contributed by atoms with Gasteiger partial charge in [-0.05, 0) is 6.07 Å². The second-order valence-electron chi connectivity index (χ2n) is 5.76. The lowest BCUT2D eigenvalue weighted by Crippen LogP contribution is -2.42. The summed E-state index contributed by atoms with van der Waals surface area (Å²) < 4.78 is 51.7. The van der Waals surface area contributed by atoms with Crippen molar-refractivity contribution < 1.29 is 56.3 Å². The Bertz CT molecular complexity index is 1050. The van der Waals surface area contributed by atoms with Gasteiger partial charge in [0.25, 0.3) is 0 Å². The molecule has 1 fully saturated rings. The molecule has 0 aromatic carbocycles. The van der Waals surface area contributed by atoms with Crippen molar-refractivity contribution in [3.8, 4) is 12.3 Å². The van der Waals surface area contributed by atoms with Gasteiger partial charge in [-0.1, -0.05) is 5.92 Å². The largest absolute Gasteiger partial charge is 0.490 e. The van der Waals surface area contributed by atoms with E-state index in [1.54, 1.807) is 0 Å². The quantitative estimate of drug-likeness (QED) is 0.185. The second-order valence-corrected chi connectivity index (χ2v) is 10.2. The van der Waals surface area contributed by atoms with Gasteiger partial charge in [0.1, 0.15) is 24.8 Å². The molecule has 1 saturated heterocycles. The van der Waals surface area contributed by atoms with E-state index in [1.807, 2.05) is 5.92 Å². The highest BCUT2D eigenvalue weighted by atomic mass is 31.3. The van der Waals surface area contributed by atoms with Crippen molar-refractivity contribution in [2.24, 2.45) is 0 Å². The van der Waals surface area contributed by atoms with Crippen LogP contribution in [0.15, 0.2) is 17.1 Å². The van der Waals surface area contributed by atoms with Crippen molar-refractivity contribution >= 4 is 29.3 Å². The molecule has 1 aliphatic heterocycles. The molecule has 1 aliphatic rings. The van der Waals surface area contributed by atoms with Crippen molar-refractivity contribution in [1.82, 2.24) is 9.55 Å². The Hall–Kier alpha value is -1.43. The van der Waals surface area contributed by atoms with Crippen molar-refractivity contribution in [3.63, 3.8) is 0 Å². The van der Waals surface area contributed by atoms with Gasteiger partial charge in [0.05, 0.1) is 0 Å². The fourth-order valence-corrected chi connectivity index (χ4v) is 5.40. The fraction of sp³-hybridized carbons (Fsp3) is 0.455. The normalized spacial score (nSPS) is 28.4. The molecule has 7 N–H and O–H groups in total. The molecule has 0 aliphatic carbocycles. The van der Waals surface area contributed by atoms with E-state index >= 15 is 0 Å². The van der Waals surface area contributed by atoms with E-state index in [9.17, 15) is 28.5 Å². The number of nitrogens with two attached hydrogens (primary N) is 1. The van der Waals surface area contributed by atoms with Crippen molar-refractivity contribution in [1.29, 1.82) is 0 Å². The first-order valence-electron chi connectivity index (χ1n) is 7.55. The molecular formula is C11H16N3O13P3. The van der Waals surface area contributed by atoms with E-state index in [2.05, 4.69) is 18.1 Å². The van der Waals surface area contributed by atoms with Crippen molar-refractivity contribution in [2.75, 3.05) is 12.3 Å². The standard InChI is InChI=1S/C11H16N3O13P3/c1-2-11(6-24-29(20,21)27-30(22,23)26-28(17,18)19)7(15)5-9(25-11)14-4-3-8(12)13-10(14)16/h1,3-4,7,9,15H,5-6H2,(H,20,21)(H,22,23)(H2,12,13,16)(H2,17,18,19)/t7?,9?,11-/m1/s1. The van der Waals surface area contributed by atoms with E-state index in [0.29, 0.717) is 0 Å². The lowest BCUT2D eigenvalue weighted by atomic mass is 9.99. The predicted octanol–water partition coefficient (Wildman–Crippen LogP) is -1.18. The zero-order chi connectivity index (χ0) is 23.0. The van der Waals surface area contributed by atoms with E-state index < -0.39 is 53.7 Å². The summed E-state index contributed by atoms with van der Waals surface area (Å²) in [7, 11) is -16.8. The molecule has 2 rings (SSSR count). The summed E-state index contributed by atoms with van der Waals surface area (Å²) >= 11 is 0. The van der Waals surface area contributed by atoms with Gasteiger partial charge in [0.2, 0.25) is 0 Å². The first kappa shape index (κ1) is 24.8. The predicted molar refractivity (Wildman–Crippen MR) is 95.0 cm³/mol. The van der Waals surface area contributed by atoms with Crippen LogP contribution in [-0.4, -0.2) is 52.5 Å². The van der Waals surface area contributed by atoms with Crippen LogP contribution in [0.4, 0.5) is 5.82 Å². The molecule has 16 nitrogen and oxygen atoms in total. The molecular weight excluding hydrogens is 475 g/mol. The van der Waals surface area contributed by atoms with Gasteiger partial charge in [-0.25, -0.2) is 18.5 Å². The number of hydrogen-bond donors (Lipinski definition) is 6. The van der Waals surface area contributed by atoms with Crippen molar-refractivity contribution in [3.05, 3.63) is 22.7 Å². The molecule has 1 aromatic rings. The third-order valence-electron chi connectivity index (χ3n) is 3.57. The molecule has 5 atom stereocenters. The lowest BCUT2D eigenvalue weighted by molar-refractivity contribution is -0.0895. The third-order valence-corrected chi connectivity index (χ3v) is 7.36. The molecule has 1 aromatic heterocycles. The number of hydrogen-bond acceptors (Lipinski definition) is 11. The van der Waals surface area contributed by atoms with Crippen molar-refractivity contribution in [2.45, 2.75) is 24.4 Å². The molecule has 19 heteroatoms. The van der Waals surface area contributed by atoms with Crippen LogP contribution in [0.25, 0.3) is 0 Å². The molecule has 0 bridgehead atoms. The van der Waals surface area contributed by atoms with E-state index in [0.717, 1.165) is 4.57 Å². The Morgan fingerprint density at radius 3 is 2.47 bits per heavy atom. The number of nitrogen functional groups attached to an aromatic ring is 1. The van der Waals surface area contributed by atoms with E-state index in [-0.39, 0.29) is 12.2 Å². The number of aromatic nitrogens is 2. The van der Waals surface area contributed by atoms with Crippen LogP contribution in [0.3, 0.4) is 0 Å². The highest BCUT2D eigenvalue weighted by Crippen LogP contribution is 2.66. The zero-order valence-corrected chi connectivity index (χ0v) is 17.3. The van der Waals surface area contributed by atoms with E-state index in [4.69, 9.17) is 31.6 Å². The van der Waals surface area contributed by atoms with E-state index in [1.165, 1.54) is 12.3 Å². The summed E-state index contributed by atoms with van der Waals surface area (Å²) in [6.45, 7) is -1.10. The zero-order valence-electron chi connectivity index (χ0n) is 14.6. The molecule has 0 spiro atoms. The molecule has 2 heterocycles. The van der Waals surface area contributed by atoms with Gasteiger partial charge >= 0.3 is 29.2 Å². The molecule has 30 heavy (non-hydrogen) atoms. The maximum absolute atomic E-state index is 11.9. The Morgan fingerprint density at radius 1 is 1.30 bits per heavy atom. The number of phosphoric acid groups is 3. The van der Waals surface area contributed by atoms with Gasteiger partial charge in [-0.15, -0.1) is 6.42 Å². The Balaban J connectivity index is 2.15. The van der Waals surface area contributed by atoms with Crippen LogP contribution in [0, 0.1) is 12.3 Å². The highest BCUT2D eigenvalue weighted by molar-refractivity contribution is 7.66. The van der Waals surface area contributed by atoms with Crippen LogP contribution >= 0.6 is 23.5 Å². The molecule has 0 saturated carbocycles. The van der Waals surface area contributed by atoms with Crippen LogP contribution in [0.2, 0.25) is 0 Å². The summed E-state index contributed by atoms with van der Waals surface area (Å²) in [6.07, 6.45) is 3.51. The van der Waals surface area contributed by atoms with Crippen LogP contribution in [0.1, 0.15) is 12.6 Å². The monoisotopic (exact) mass is 491 g/mol. The summed E-state index contributed by atoms with van der Waals surface area (Å²) in [4.78, 5) is 51.0. The number of aliphatic hydroxyl groups is 1. The van der Waals surface area contributed by atoms with Crippen LogP contribution in [-0.2, 0) is 31.6 Å². The Kier molecular flexibility index (Phi) is 7.12. The minimum absolute atomic E-state index is 0.0781. The topological polar surface area (TPSA) is 250 Å². The first-order chi connectivity index (χ1) is 13.6. The summed E-state index contributed by atoms with van der Waals surface area (Å²) in [6, 6.07) is 1.26. The first-order valence-corrected chi connectivity index (χ1v) is 12.1. The number of aliphatic hydroxyl groups excluding tert-OH is 1. The Labute approximate surface area is 167 Å². The molecule has 168 valence electrons. The fourth-order valence-electron chi connectivity index (χ4n) is 2.35. The SMILES string of the molecule is C#C[C@]1(COP(=O)(O)OP(=O)(O)OP(=O)(O)O)OC(n2ccc(N)nc2=O)CC1O. The molecule has 0 radical (unpaired) electrons. The lowest BCUT2D eigenvalue weighted by Gasteiger charge is -2.27. The number of anilines is 1. The smallest absolute Gasteiger partial charge is 0.389 e. The average Bonchev–Trinajstić information content (AvgIpc) is 2.86. The van der Waals surface area contributed by atoms with Crippen LogP contribution in [0.5, 0.6) is 0 Å². The average molecular weight is 491 g/mol. The number of rotatable bonds is 8. The summed E-state index contributed by atoms with van der Waals surface area (Å²) in [5, 5.41) is 10.2. The summed E-state index contributed by atoms with van der Waals surface area (Å²) in [5.74, 6) is 1.92. The van der Waals surface area contributed by atoms with Crippen LogP contribution < -0.4 is 11.4 Å². The maximum Gasteiger partial charge on any atom is 0.490 e. The second kappa shape index (κ2) is 8.60. The number of terminal acetylenes is 1. The summed E-state index contributed by atoms with van der Waals surface area (Å²) in [5.41, 5.74) is 2.42. The minimum Gasteiger partial charge on any atom is -0.389 e. The Morgan fingerprint density at radius 2 is 1.93 bits per heavy atom. The van der Waals surface area contributed by atoms with Gasteiger partial charge in [-0.2, -0.15) is 13.6 Å². The third kappa shape index (κ3) is 6.29.